The Labute approximate surface area is 81.5 Å². The van der Waals surface area contributed by atoms with Gasteiger partial charge in [-0.05, 0) is 43.4 Å². The highest BCUT2D eigenvalue weighted by molar-refractivity contribution is 5.03. The summed E-state index contributed by atoms with van der Waals surface area (Å²) in [4.78, 5) is 0. The molecule has 0 radical (unpaired) electrons. The van der Waals surface area contributed by atoms with Crippen LogP contribution in [0.25, 0.3) is 0 Å². The van der Waals surface area contributed by atoms with Crippen LogP contribution in [0.3, 0.4) is 0 Å². The van der Waals surface area contributed by atoms with E-state index in [1.54, 1.807) is 0 Å². The van der Waals surface area contributed by atoms with Gasteiger partial charge in [0.1, 0.15) is 0 Å². The molecule has 2 aliphatic rings. The average Bonchev–Trinajstić information content (AvgIpc) is 2.61. The fraction of sp³-hybridized carbons (Fsp3) is 1.00. The molecule has 1 atom stereocenters. The standard InChI is InChI=1S/C12H22O/c1-11(2)8-5-9-12(11,13)10-6-3-4-7-10/h10,13H,3-9H2,1-2H3. The van der Waals surface area contributed by atoms with Gasteiger partial charge in [-0.3, -0.25) is 0 Å². The van der Waals surface area contributed by atoms with E-state index >= 15 is 0 Å². The second-order valence-electron chi connectivity index (χ2n) is 5.64. The van der Waals surface area contributed by atoms with Crippen molar-refractivity contribution in [2.24, 2.45) is 11.3 Å². The molecule has 0 spiro atoms. The summed E-state index contributed by atoms with van der Waals surface area (Å²) in [7, 11) is 0. The summed E-state index contributed by atoms with van der Waals surface area (Å²) in [5.41, 5.74) is -0.161. The van der Waals surface area contributed by atoms with Gasteiger partial charge in [-0.1, -0.05) is 26.7 Å². The molecule has 0 amide bonds. The summed E-state index contributed by atoms with van der Waals surface area (Å²) in [6.45, 7) is 4.50. The van der Waals surface area contributed by atoms with Gasteiger partial charge >= 0.3 is 0 Å². The first kappa shape index (κ1) is 9.51. The zero-order valence-corrected chi connectivity index (χ0v) is 8.97. The SMILES string of the molecule is CC1(C)CCCC1(O)C1CCCC1. The van der Waals surface area contributed by atoms with Crippen LogP contribution >= 0.6 is 0 Å². The Balaban J connectivity index is 2.17. The summed E-state index contributed by atoms with van der Waals surface area (Å²) in [5.74, 6) is 0.602. The van der Waals surface area contributed by atoms with Gasteiger partial charge in [0, 0.05) is 0 Å². The van der Waals surface area contributed by atoms with E-state index in [-0.39, 0.29) is 11.0 Å². The van der Waals surface area contributed by atoms with Gasteiger partial charge in [-0.25, -0.2) is 0 Å². The molecule has 76 valence electrons. The van der Waals surface area contributed by atoms with Crippen molar-refractivity contribution in [3.8, 4) is 0 Å². The van der Waals surface area contributed by atoms with Gasteiger partial charge in [0.2, 0.25) is 0 Å². The van der Waals surface area contributed by atoms with Gasteiger partial charge in [0.05, 0.1) is 5.60 Å². The molecule has 2 aliphatic carbocycles. The maximum Gasteiger partial charge on any atom is 0.0726 e. The van der Waals surface area contributed by atoms with E-state index in [1.165, 1.54) is 38.5 Å². The third-order valence-corrected chi connectivity index (χ3v) is 4.56. The summed E-state index contributed by atoms with van der Waals surface area (Å²) in [5, 5.41) is 10.7. The molecular weight excluding hydrogens is 160 g/mol. The first-order valence-electron chi connectivity index (χ1n) is 5.79. The highest BCUT2D eigenvalue weighted by Gasteiger charge is 2.52. The summed E-state index contributed by atoms with van der Waals surface area (Å²) in [6, 6.07) is 0. The van der Waals surface area contributed by atoms with Crippen molar-refractivity contribution in [3.05, 3.63) is 0 Å². The minimum Gasteiger partial charge on any atom is -0.389 e. The lowest BCUT2D eigenvalue weighted by molar-refractivity contribution is -0.0888. The van der Waals surface area contributed by atoms with Crippen molar-refractivity contribution < 1.29 is 5.11 Å². The zero-order chi connectivity index (χ0) is 9.53. The molecule has 1 N–H and O–H groups in total. The minimum atomic E-state index is -0.330. The Morgan fingerprint density at radius 3 is 2.08 bits per heavy atom. The van der Waals surface area contributed by atoms with E-state index in [2.05, 4.69) is 13.8 Å². The van der Waals surface area contributed by atoms with Crippen molar-refractivity contribution in [1.82, 2.24) is 0 Å². The lowest BCUT2D eigenvalue weighted by atomic mass is 9.69. The normalized spacial score (nSPS) is 39.9. The lowest BCUT2D eigenvalue weighted by Crippen LogP contribution is -2.45. The predicted molar refractivity (Wildman–Crippen MR) is 54.5 cm³/mol. The van der Waals surface area contributed by atoms with E-state index in [0.29, 0.717) is 5.92 Å². The minimum absolute atomic E-state index is 0.169. The molecule has 0 heterocycles. The molecule has 2 saturated carbocycles. The van der Waals surface area contributed by atoms with Gasteiger partial charge in [-0.15, -0.1) is 0 Å². The zero-order valence-electron chi connectivity index (χ0n) is 8.97. The van der Waals surface area contributed by atoms with E-state index in [1.807, 2.05) is 0 Å². The molecule has 0 bridgehead atoms. The molecule has 1 nitrogen and oxygen atoms in total. The van der Waals surface area contributed by atoms with E-state index in [0.717, 1.165) is 6.42 Å². The van der Waals surface area contributed by atoms with Gasteiger partial charge in [0.15, 0.2) is 0 Å². The maximum absolute atomic E-state index is 10.7. The average molecular weight is 182 g/mol. The number of aliphatic hydroxyl groups is 1. The molecule has 1 heteroatoms. The van der Waals surface area contributed by atoms with Crippen LogP contribution in [0.4, 0.5) is 0 Å². The van der Waals surface area contributed by atoms with Gasteiger partial charge in [0.25, 0.3) is 0 Å². The smallest absolute Gasteiger partial charge is 0.0726 e. The molecule has 2 fully saturated rings. The summed E-state index contributed by atoms with van der Waals surface area (Å²) >= 11 is 0. The van der Waals surface area contributed by atoms with E-state index in [4.69, 9.17) is 0 Å². The van der Waals surface area contributed by atoms with E-state index < -0.39 is 0 Å². The van der Waals surface area contributed by atoms with Crippen LogP contribution in [0.2, 0.25) is 0 Å². The predicted octanol–water partition coefficient (Wildman–Crippen LogP) is 3.12. The highest BCUT2D eigenvalue weighted by atomic mass is 16.3. The van der Waals surface area contributed by atoms with Crippen molar-refractivity contribution in [2.45, 2.75) is 64.4 Å². The molecular formula is C12H22O. The molecule has 1 unspecified atom stereocenters. The summed E-state index contributed by atoms with van der Waals surface area (Å²) in [6.07, 6.45) is 8.68. The Bertz CT molecular complexity index is 191. The Hall–Kier alpha value is -0.0400. The quantitative estimate of drug-likeness (QED) is 0.660. The third kappa shape index (κ3) is 1.32. The van der Waals surface area contributed by atoms with Crippen molar-refractivity contribution in [2.75, 3.05) is 0 Å². The van der Waals surface area contributed by atoms with Crippen LogP contribution in [0.1, 0.15) is 58.8 Å². The first-order valence-corrected chi connectivity index (χ1v) is 5.79. The molecule has 2 rings (SSSR count). The van der Waals surface area contributed by atoms with Crippen LogP contribution in [-0.2, 0) is 0 Å². The lowest BCUT2D eigenvalue weighted by Gasteiger charge is -2.41. The van der Waals surface area contributed by atoms with Crippen LogP contribution in [-0.4, -0.2) is 10.7 Å². The van der Waals surface area contributed by atoms with Crippen LogP contribution < -0.4 is 0 Å². The number of hydrogen-bond acceptors (Lipinski definition) is 1. The second kappa shape index (κ2) is 2.98. The number of rotatable bonds is 1. The maximum atomic E-state index is 10.7. The van der Waals surface area contributed by atoms with Gasteiger partial charge < -0.3 is 5.11 Å². The highest BCUT2D eigenvalue weighted by Crippen LogP contribution is 2.53. The topological polar surface area (TPSA) is 20.2 Å². The second-order valence-corrected chi connectivity index (χ2v) is 5.64. The summed E-state index contributed by atoms with van der Waals surface area (Å²) < 4.78 is 0. The van der Waals surface area contributed by atoms with Crippen molar-refractivity contribution in [1.29, 1.82) is 0 Å². The van der Waals surface area contributed by atoms with Gasteiger partial charge in [-0.2, -0.15) is 0 Å². The number of hydrogen-bond donors (Lipinski definition) is 1. The van der Waals surface area contributed by atoms with Crippen molar-refractivity contribution >= 4 is 0 Å². The molecule has 0 aromatic rings. The van der Waals surface area contributed by atoms with E-state index in [9.17, 15) is 5.11 Å². The molecule has 0 aliphatic heterocycles. The molecule has 0 aromatic heterocycles. The van der Waals surface area contributed by atoms with Crippen LogP contribution in [0, 0.1) is 11.3 Å². The fourth-order valence-electron chi connectivity index (χ4n) is 3.51. The third-order valence-electron chi connectivity index (χ3n) is 4.56. The Morgan fingerprint density at radius 2 is 1.62 bits per heavy atom. The van der Waals surface area contributed by atoms with Crippen molar-refractivity contribution in [3.63, 3.8) is 0 Å². The Morgan fingerprint density at radius 1 is 1.00 bits per heavy atom. The molecule has 0 aromatic carbocycles. The Kier molecular flexibility index (Phi) is 2.18. The van der Waals surface area contributed by atoms with Crippen LogP contribution in [0.5, 0.6) is 0 Å². The first-order chi connectivity index (χ1) is 6.06. The largest absolute Gasteiger partial charge is 0.389 e. The molecule has 0 saturated heterocycles. The molecule has 13 heavy (non-hydrogen) atoms. The van der Waals surface area contributed by atoms with Crippen LogP contribution in [0.15, 0.2) is 0 Å². The fourth-order valence-corrected chi connectivity index (χ4v) is 3.51. The monoisotopic (exact) mass is 182 g/mol.